The van der Waals surface area contributed by atoms with Crippen molar-refractivity contribution in [2.75, 3.05) is 31.6 Å². The lowest BCUT2D eigenvalue weighted by molar-refractivity contribution is -0.0108. The maximum absolute atomic E-state index is 5.69. The van der Waals surface area contributed by atoms with Crippen LogP contribution in [0.4, 0.5) is 0 Å². The van der Waals surface area contributed by atoms with Gasteiger partial charge in [-0.1, -0.05) is 6.92 Å². The van der Waals surface area contributed by atoms with E-state index >= 15 is 0 Å². The third kappa shape index (κ3) is 7.56. The van der Waals surface area contributed by atoms with Gasteiger partial charge in [-0.05, 0) is 12.8 Å². The van der Waals surface area contributed by atoms with E-state index in [-0.39, 0.29) is 6.10 Å². The Bertz CT molecular complexity index is 112. The Balaban J connectivity index is 3.46. The minimum Gasteiger partial charge on any atom is -0.379 e. The average Bonchev–Trinajstić information content (AvgIpc) is 2.17. The standard InChI is InChI=1S/C9H18Cl2O2/c1-3-12-7-9(5-11)13-6-8(2)4-10/h8-9H,3-7H2,1-2H3. The van der Waals surface area contributed by atoms with Crippen LogP contribution in [0.15, 0.2) is 0 Å². The normalized spacial score (nSPS) is 15.7. The molecule has 2 unspecified atom stereocenters. The van der Waals surface area contributed by atoms with Crippen molar-refractivity contribution in [2.45, 2.75) is 20.0 Å². The van der Waals surface area contributed by atoms with Gasteiger partial charge in [-0.15, -0.1) is 23.2 Å². The molecule has 0 fully saturated rings. The Labute approximate surface area is 90.5 Å². The van der Waals surface area contributed by atoms with Crippen LogP contribution in [0.25, 0.3) is 0 Å². The van der Waals surface area contributed by atoms with Crippen LogP contribution in [0.1, 0.15) is 13.8 Å². The van der Waals surface area contributed by atoms with Gasteiger partial charge in [0, 0.05) is 12.5 Å². The Kier molecular flexibility index (Phi) is 9.42. The fraction of sp³-hybridized carbons (Fsp3) is 1.00. The minimum atomic E-state index is -0.00715. The van der Waals surface area contributed by atoms with Crippen molar-refractivity contribution in [3.63, 3.8) is 0 Å². The van der Waals surface area contributed by atoms with Crippen LogP contribution in [0.2, 0.25) is 0 Å². The van der Waals surface area contributed by atoms with Crippen molar-refractivity contribution in [1.29, 1.82) is 0 Å². The van der Waals surface area contributed by atoms with Crippen LogP contribution in [0, 0.1) is 5.92 Å². The molecule has 0 amide bonds. The fourth-order valence-corrected chi connectivity index (χ4v) is 0.999. The first-order valence-electron chi connectivity index (χ1n) is 4.55. The van der Waals surface area contributed by atoms with Gasteiger partial charge in [0.1, 0.15) is 0 Å². The third-order valence-electron chi connectivity index (χ3n) is 1.56. The maximum Gasteiger partial charge on any atom is 0.0943 e. The largest absolute Gasteiger partial charge is 0.379 e. The highest BCUT2D eigenvalue weighted by molar-refractivity contribution is 6.18. The number of hydrogen-bond acceptors (Lipinski definition) is 2. The lowest BCUT2D eigenvalue weighted by Crippen LogP contribution is -2.24. The number of hydrogen-bond donors (Lipinski definition) is 0. The quantitative estimate of drug-likeness (QED) is 0.595. The molecule has 13 heavy (non-hydrogen) atoms. The molecule has 0 aliphatic heterocycles. The van der Waals surface area contributed by atoms with Crippen LogP contribution in [-0.2, 0) is 9.47 Å². The van der Waals surface area contributed by atoms with Crippen LogP contribution >= 0.6 is 23.2 Å². The van der Waals surface area contributed by atoms with Crippen LogP contribution in [0.5, 0.6) is 0 Å². The minimum absolute atomic E-state index is 0.00715. The van der Waals surface area contributed by atoms with Crippen molar-refractivity contribution >= 4 is 23.2 Å². The zero-order chi connectivity index (χ0) is 10.1. The number of rotatable bonds is 8. The molecule has 4 heteroatoms. The van der Waals surface area contributed by atoms with Crippen molar-refractivity contribution < 1.29 is 9.47 Å². The zero-order valence-electron chi connectivity index (χ0n) is 8.26. The third-order valence-corrected chi connectivity index (χ3v) is 2.43. The summed E-state index contributed by atoms with van der Waals surface area (Å²) in [6, 6.07) is 0. The average molecular weight is 229 g/mol. The molecule has 80 valence electrons. The second kappa shape index (κ2) is 9.07. The molecule has 0 saturated heterocycles. The molecule has 2 atom stereocenters. The Morgan fingerprint density at radius 1 is 1.15 bits per heavy atom. The molecule has 0 aliphatic carbocycles. The molecule has 0 saturated carbocycles. The van der Waals surface area contributed by atoms with E-state index in [0.717, 1.165) is 0 Å². The first-order valence-corrected chi connectivity index (χ1v) is 5.62. The van der Waals surface area contributed by atoms with Gasteiger partial charge in [0.25, 0.3) is 0 Å². The van der Waals surface area contributed by atoms with Crippen molar-refractivity contribution in [3.05, 3.63) is 0 Å². The molecule has 0 aromatic rings. The van der Waals surface area contributed by atoms with E-state index in [1.807, 2.05) is 13.8 Å². The van der Waals surface area contributed by atoms with Gasteiger partial charge in [-0.2, -0.15) is 0 Å². The monoisotopic (exact) mass is 228 g/mol. The molecule has 0 heterocycles. The van der Waals surface area contributed by atoms with E-state index in [2.05, 4.69) is 0 Å². The topological polar surface area (TPSA) is 18.5 Å². The van der Waals surface area contributed by atoms with Gasteiger partial charge in [-0.25, -0.2) is 0 Å². The molecular formula is C9H18Cl2O2. The van der Waals surface area contributed by atoms with Gasteiger partial charge in [0.05, 0.1) is 25.2 Å². The second-order valence-corrected chi connectivity index (χ2v) is 3.65. The van der Waals surface area contributed by atoms with E-state index in [1.54, 1.807) is 0 Å². The van der Waals surface area contributed by atoms with Gasteiger partial charge in [-0.3, -0.25) is 0 Å². The lowest BCUT2D eigenvalue weighted by atomic mass is 10.2. The molecule has 0 rings (SSSR count). The van der Waals surface area contributed by atoms with E-state index in [4.69, 9.17) is 32.7 Å². The van der Waals surface area contributed by atoms with Crippen molar-refractivity contribution in [1.82, 2.24) is 0 Å². The highest BCUT2D eigenvalue weighted by Crippen LogP contribution is 2.03. The summed E-state index contributed by atoms with van der Waals surface area (Å²) < 4.78 is 10.7. The predicted molar refractivity (Wildman–Crippen MR) is 56.8 cm³/mol. The van der Waals surface area contributed by atoms with Gasteiger partial charge in [0.15, 0.2) is 0 Å². The number of ether oxygens (including phenoxy) is 2. The lowest BCUT2D eigenvalue weighted by Gasteiger charge is -2.16. The highest BCUT2D eigenvalue weighted by atomic mass is 35.5. The highest BCUT2D eigenvalue weighted by Gasteiger charge is 2.09. The summed E-state index contributed by atoms with van der Waals surface area (Å²) in [5.41, 5.74) is 0. The van der Waals surface area contributed by atoms with Crippen LogP contribution < -0.4 is 0 Å². The molecule has 0 N–H and O–H groups in total. The summed E-state index contributed by atoms with van der Waals surface area (Å²) in [6.45, 7) is 5.90. The molecule has 0 radical (unpaired) electrons. The molecule has 0 aliphatic rings. The summed E-state index contributed by atoms with van der Waals surface area (Å²) in [6.07, 6.45) is -0.00715. The van der Waals surface area contributed by atoms with E-state index in [1.165, 1.54) is 0 Å². The molecule has 2 nitrogen and oxygen atoms in total. The Morgan fingerprint density at radius 3 is 2.31 bits per heavy atom. The Hall–Kier alpha value is 0.500. The zero-order valence-corrected chi connectivity index (χ0v) is 9.77. The first kappa shape index (κ1) is 13.5. The van der Waals surface area contributed by atoms with Gasteiger partial charge < -0.3 is 9.47 Å². The SMILES string of the molecule is CCOCC(CCl)OCC(C)CCl. The van der Waals surface area contributed by atoms with Crippen molar-refractivity contribution in [2.24, 2.45) is 5.92 Å². The van der Waals surface area contributed by atoms with Crippen LogP contribution in [0.3, 0.4) is 0 Å². The van der Waals surface area contributed by atoms with Gasteiger partial charge >= 0.3 is 0 Å². The second-order valence-electron chi connectivity index (χ2n) is 3.03. The first-order chi connectivity index (χ1) is 6.24. The van der Waals surface area contributed by atoms with Crippen LogP contribution in [-0.4, -0.2) is 37.7 Å². The van der Waals surface area contributed by atoms with E-state index in [9.17, 15) is 0 Å². The molecule has 0 bridgehead atoms. The summed E-state index contributed by atoms with van der Waals surface area (Å²) in [5, 5.41) is 0. The summed E-state index contributed by atoms with van der Waals surface area (Å²) in [7, 11) is 0. The van der Waals surface area contributed by atoms with E-state index < -0.39 is 0 Å². The number of halogens is 2. The molecule has 0 aromatic heterocycles. The van der Waals surface area contributed by atoms with Gasteiger partial charge in [0.2, 0.25) is 0 Å². The molecule has 0 spiro atoms. The summed E-state index contributed by atoms with van der Waals surface area (Å²) in [5.74, 6) is 1.45. The summed E-state index contributed by atoms with van der Waals surface area (Å²) in [4.78, 5) is 0. The smallest absolute Gasteiger partial charge is 0.0943 e. The maximum atomic E-state index is 5.69. The fourth-order valence-electron chi connectivity index (χ4n) is 0.731. The van der Waals surface area contributed by atoms with Crippen molar-refractivity contribution in [3.8, 4) is 0 Å². The molecule has 0 aromatic carbocycles. The molecular weight excluding hydrogens is 211 g/mol. The summed E-state index contributed by atoms with van der Waals surface area (Å²) >= 11 is 11.3. The number of alkyl halides is 2. The predicted octanol–water partition coefficient (Wildman–Crippen LogP) is 2.52. The van der Waals surface area contributed by atoms with E-state index in [0.29, 0.717) is 37.5 Å². The Morgan fingerprint density at radius 2 is 1.85 bits per heavy atom.